The van der Waals surface area contributed by atoms with Crippen LogP contribution < -0.4 is 15.2 Å². The molecule has 3 aliphatic rings. The van der Waals surface area contributed by atoms with Gasteiger partial charge in [0.15, 0.2) is 11.5 Å². The van der Waals surface area contributed by atoms with Gasteiger partial charge in [0, 0.05) is 26.1 Å². The second-order valence-corrected chi connectivity index (χ2v) is 7.57. The summed E-state index contributed by atoms with van der Waals surface area (Å²) in [6.07, 6.45) is 4.43. The third-order valence-corrected chi connectivity index (χ3v) is 5.77. The maximum Gasteiger partial charge on any atom is 0.314 e. The van der Waals surface area contributed by atoms with Crippen molar-refractivity contribution < 1.29 is 19.1 Å². The van der Waals surface area contributed by atoms with Crippen LogP contribution in [0.25, 0.3) is 0 Å². The fraction of sp³-hybridized carbons (Fsp3) is 0.600. The maximum absolute atomic E-state index is 13.2. The van der Waals surface area contributed by atoms with E-state index in [1.165, 1.54) is 0 Å². The van der Waals surface area contributed by atoms with Gasteiger partial charge in [-0.15, -0.1) is 0 Å². The summed E-state index contributed by atoms with van der Waals surface area (Å²) in [6, 6.07) is 5.63. The van der Waals surface area contributed by atoms with Gasteiger partial charge in [0.1, 0.15) is 0 Å². The van der Waals surface area contributed by atoms with Gasteiger partial charge in [0.25, 0.3) is 0 Å². The second-order valence-electron chi connectivity index (χ2n) is 7.57. The van der Waals surface area contributed by atoms with E-state index in [0.717, 1.165) is 55.7 Å². The molecule has 0 saturated carbocycles. The highest BCUT2D eigenvalue weighted by atomic mass is 16.5. The van der Waals surface area contributed by atoms with Crippen LogP contribution in [-0.2, 0) is 4.79 Å². The zero-order valence-electron chi connectivity index (χ0n) is 15.6. The first kappa shape index (κ1) is 17.9. The van der Waals surface area contributed by atoms with Crippen LogP contribution in [0.15, 0.2) is 18.2 Å². The van der Waals surface area contributed by atoms with Crippen molar-refractivity contribution in [1.29, 1.82) is 0 Å². The van der Waals surface area contributed by atoms with Gasteiger partial charge in [0.05, 0.1) is 25.2 Å². The van der Waals surface area contributed by atoms with Crippen LogP contribution in [0.1, 0.15) is 43.7 Å². The third kappa shape index (κ3) is 3.68. The van der Waals surface area contributed by atoms with E-state index in [1.807, 2.05) is 23.1 Å². The fourth-order valence-electron chi connectivity index (χ4n) is 4.38. The predicted octanol–water partition coefficient (Wildman–Crippen LogP) is 2.30. The highest BCUT2D eigenvalue weighted by Gasteiger charge is 2.36. The zero-order chi connectivity index (χ0) is 18.8. The van der Waals surface area contributed by atoms with E-state index in [4.69, 9.17) is 15.2 Å². The van der Waals surface area contributed by atoms with Crippen molar-refractivity contribution in [1.82, 2.24) is 9.80 Å². The third-order valence-electron chi connectivity index (χ3n) is 5.77. The van der Waals surface area contributed by atoms with E-state index < -0.39 is 6.03 Å². The molecule has 0 radical (unpaired) electrons. The lowest BCUT2D eigenvalue weighted by molar-refractivity contribution is -0.137. The normalized spacial score (nSPS) is 25.2. The van der Waals surface area contributed by atoms with Crippen molar-refractivity contribution >= 4 is 11.9 Å². The van der Waals surface area contributed by atoms with Gasteiger partial charge in [-0.25, -0.2) is 4.79 Å². The van der Waals surface area contributed by atoms with Crippen LogP contribution in [-0.4, -0.2) is 54.6 Å². The molecule has 0 spiro atoms. The Bertz CT molecular complexity index is 723. The van der Waals surface area contributed by atoms with Crippen molar-refractivity contribution in [2.24, 2.45) is 11.7 Å². The minimum atomic E-state index is -0.437. The molecule has 3 aliphatic heterocycles. The summed E-state index contributed by atoms with van der Waals surface area (Å²) in [4.78, 5) is 28.2. The first-order chi connectivity index (χ1) is 13.1. The lowest BCUT2D eigenvalue weighted by Crippen LogP contribution is -2.48. The summed E-state index contributed by atoms with van der Waals surface area (Å²) in [6.45, 7) is 3.14. The van der Waals surface area contributed by atoms with Crippen LogP contribution in [0.4, 0.5) is 4.79 Å². The van der Waals surface area contributed by atoms with E-state index in [2.05, 4.69) is 0 Å². The van der Waals surface area contributed by atoms with Crippen LogP contribution in [0, 0.1) is 5.92 Å². The molecule has 2 saturated heterocycles. The first-order valence-corrected chi connectivity index (χ1v) is 9.88. The lowest BCUT2D eigenvalue weighted by atomic mass is 9.95. The van der Waals surface area contributed by atoms with Crippen molar-refractivity contribution in [3.8, 4) is 11.5 Å². The predicted molar refractivity (Wildman–Crippen MR) is 99.6 cm³/mol. The van der Waals surface area contributed by atoms with Crippen molar-refractivity contribution in [2.45, 2.75) is 38.1 Å². The molecular weight excluding hydrogens is 346 g/mol. The molecule has 0 bridgehead atoms. The number of primary amides is 1. The quantitative estimate of drug-likeness (QED) is 0.862. The molecule has 3 heterocycles. The second kappa shape index (κ2) is 7.66. The molecule has 2 fully saturated rings. The van der Waals surface area contributed by atoms with Gasteiger partial charge in [0.2, 0.25) is 5.91 Å². The Balaban J connectivity index is 1.51. The van der Waals surface area contributed by atoms with E-state index in [1.54, 1.807) is 4.90 Å². The Morgan fingerprint density at radius 3 is 2.59 bits per heavy atom. The number of nitrogens with two attached hydrogens (primary N) is 1. The number of benzene rings is 1. The van der Waals surface area contributed by atoms with Crippen LogP contribution >= 0.6 is 0 Å². The van der Waals surface area contributed by atoms with E-state index in [-0.39, 0.29) is 17.9 Å². The Labute approximate surface area is 159 Å². The smallest absolute Gasteiger partial charge is 0.314 e. The Hall–Kier alpha value is -2.44. The van der Waals surface area contributed by atoms with E-state index in [0.29, 0.717) is 26.3 Å². The van der Waals surface area contributed by atoms with E-state index >= 15 is 0 Å². The molecule has 2 atom stereocenters. The van der Waals surface area contributed by atoms with Gasteiger partial charge in [-0.3, -0.25) is 4.79 Å². The molecule has 0 aliphatic carbocycles. The first-order valence-electron chi connectivity index (χ1n) is 9.88. The number of carbonyl (C=O) groups is 2. The molecule has 27 heavy (non-hydrogen) atoms. The van der Waals surface area contributed by atoms with Crippen molar-refractivity contribution in [2.75, 3.05) is 32.8 Å². The highest BCUT2D eigenvalue weighted by Crippen LogP contribution is 2.39. The summed E-state index contributed by atoms with van der Waals surface area (Å²) in [5, 5.41) is 0. The van der Waals surface area contributed by atoms with Gasteiger partial charge in [-0.1, -0.05) is 6.07 Å². The number of hydrogen-bond donors (Lipinski definition) is 1. The molecule has 146 valence electrons. The molecule has 2 N–H and O–H groups in total. The summed E-state index contributed by atoms with van der Waals surface area (Å²) >= 11 is 0. The number of ether oxygens (including phenoxy) is 2. The molecule has 0 aromatic heterocycles. The molecule has 4 rings (SSSR count). The number of rotatable bonds is 2. The number of likely N-dealkylation sites (tertiary alicyclic amines) is 2. The summed E-state index contributed by atoms with van der Waals surface area (Å²) in [7, 11) is 0. The topological polar surface area (TPSA) is 85.1 Å². The van der Waals surface area contributed by atoms with Crippen molar-refractivity contribution in [3.63, 3.8) is 0 Å². The summed E-state index contributed by atoms with van der Waals surface area (Å²) in [5.74, 6) is 1.51. The molecule has 1 aromatic rings. The number of urea groups is 1. The number of nitrogens with zero attached hydrogens (tertiary/aromatic N) is 2. The molecule has 1 aromatic carbocycles. The molecule has 0 unspecified atom stereocenters. The zero-order valence-corrected chi connectivity index (χ0v) is 15.6. The number of fused-ring (bicyclic) bond motifs is 1. The van der Waals surface area contributed by atoms with Gasteiger partial charge < -0.3 is 25.0 Å². The fourth-order valence-corrected chi connectivity index (χ4v) is 4.38. The number of piperidine rings is 1. The van der Waals surface area contributed by atoms with Gasteiger partial charge >= 0.3 is 6.03 Å². The average molecular weight is 373 g/mol. The molecule has 7 nitrogen and oxygen atoms in total. The molecule has 7 heteroatoms. The van der Waals surface area contributed by atoms with Gasteiger partial charge in [-0.05, 0) is 43.4 Å². The van der Waals surface area contributed by atoms with Gasteiger partial charge in [-0.2, -0.15) is 0 Å². The Kier molecular flexibility index (Phi) is 5.09. The number of hydrogen-bond acceptors (Lipinski definition) is 4. The average Bonchev–Trinajstić information content (AvgIpc) is 3.06. The Morgan fingerprint density at radius 2 is 1.78 bits per heavy atom. The monoisotopic (exact) mass is 373 g/mol. The number of carbonyl (C=O) groups excluding carboxylic acids is 2. The highest BCUT2D eigenvalue weighted by molar-refractivity contribution is 5.81. The SMILES string of the molecule is NC(=O)N1CCC[C@@H](C(=O)N2CCC[C@H]2c2ccc3c(c2)OCCCO3)C1. The maximum atomic E-state index is 13.2. The lowest BCUT2D eigenvalue weighted by Gasteiger charge is -2.35. The van der Waals surface area contributed by atoms with Crippen molar-refractivity contribution in [3.05, 3.63) is 23.8 Å². The van der Waals surface area contributed by atoms with E-state index in [9.17, 15) is 9.59 Å². The summed E-state index contributed by atoms with van der Waals surface area (Å²) < 4.78 is 11.5. The molecule has 3 amide bonds. The van der Waals surface area contributed by atoms with Crippen LogP contribution in [0.2, 0.25) is 0 Å². The van der Waals surface area contributed by atoms with Crippen LogP contribution in [0.5, 0.6) is 11.5 Å². The Morgan fingerprint density at radius 1 is 1.00 bits per heavy atom. The molecular formula is C20H27N3O4. The largest absolute Gasteiger partial charge is 0.490 e. The summed E-state index contributed by atoms with van der Waals surface area (Å²) in [5.41, 5.74) is 6.51. The van der Waals surface area contributed by atoms with Crippen LogP contribution in [0.3, 0.4) is 0 Å². The number of amides is 3. The minimum absolute atomic E-state index is 0.0543. The minimum Gasteiger partial charge on any atom is -0.490 e. The standard InChI is InChI=1S/C20H27N3O4/c21-20(25)22-8-1-4-15(13-22)19(24)23-9-2-5-16(23)14-6-7-17-18(12-14)27-11-3-10-26-17/h6-7,12,15-16H,1-5,8-11,13H2,(H2,21,25)/t15-,16+/m1/s1.